The molecule has 0 bridgehead atoms. The Morgan fingerprint density at radius 3 is 2.21 bits per heavy atom. The third kappa shape index (κ3) is 4.47. The van der Waals surface area contributed by atoms with Crippen molar-refractivity contribution in [1.82, 2.24) is 4.90 Å². The van der Waals surface area contributed by atoms with Crippen LogP contribution in [0.2, 0.25) is 0 Å². The summed E-state index contributed by atoms with van der Waals surface area (Å²) in [6.07, 6.45) is 1.95. The number of hydrogen-bond donors (Lipinski definition) is 0. The molecule has 0 unspecified atom stereocenters. The summed E-state index contributed by atoms with van der Waals surface area (Å²) in [7, 11) is -4.91. The van der Waals surface area contributed by atoms with E-state index in [1.54, 1.807) is 0 Å². The third-order valence-electron chi connectivity index (χ3n) is 6.00. The summed E-state index contributed by atoms with van der Waals surface area (Å²) >= 11 is 0. The molecular weight excluding hydrogens is 414 g/mol. The molecule has 4 rings (SSSR count). The average Bonchev–Trinajstić information content (AvgIpc) is 2.51. The molecule has 1 aromatic carbocycles. The molecule has 0 amide bonds. The van der Waals surface area contributed by atoms with Crippen molar-refractivity contribution in [2.24, 2.45) is 0 Å². The average molecular weight is 437 g/mol. The number of halogens is 4. The Balaban J connectivity index is 1.60. The number of hydrogen-bond acceptors (Lipinski definition) is 5. The van der Waals surface area contributed by atoms with Crippen molar-refractivity contribution < 1.29 is 34.9 Å². The third-order valence-corrected chi connectivity index (χ3v) is 7.12. The van der Waals surface area contributed by atoms with Crippen LogP contribution in [0.5, 0.6) is 11.5 Å². The number of alkyl halides is 3. The van der Waals surface area contributed by atoms with Crippen molar-refractivity contribution >= 4 is 10.1 Å². The molecule has 10 heteroatoms. The lowest BCUT2D eigenvalue weighted by Gasteiger charge is -2.50. The van der Waals surface area contributed by atoms with Gasteiger partial charge in [-0.25, -0.2) is 4.39 Å². The first kappa shape index (κ1) is 20.7. The van der Waals surface area contributed by atoms with Gasteiger partial charge in [-0.3, -0.25) is 4.90 Å². The highest BCUT2D eigenvalue weighted by atomic mass is 32.2. The van der Waals surface area contributed by atoms with E-state index >= 15 is 0 Å². The highest BCUT2D eigenvalue weighted by Gasteiger charge is 2.42. The monoisotopic (exact) mass is 437 g/mol. The molecule has 0 N–H and O–H groups in total. The van der Waals surface area contributed by atoms with Gasteiger partial charge in [0.05, 0.1) is 0 Å². The first-order valence-corrected chi connectivity index (χ1v) is 11.4. The van der Waals surface area contributed by atoms with Crippen molar-refractivity contribution in [3.05, 3.63) is 23.5 Å². The Hall–Kier alpha value is -1.55. The first-order valence-electron chi connectivity index (χ1n) is 9.83. The van der Waals surface area contributed by atoms with Gasteiger partial charge in [-0.1, -0.05) is 12.8 Å². The smallest absolute Gasteiger partial charge is 0.406 e. The van der Waals surface area contributed by atoms with Crippen LogP contribution in [0.4, 0.5) is 17.6 Å². The summed E-state index contributed by atoms with van der Waals surface area (Å²) in [5.74, 6) is -3.22. The Morgan fingerprint density at radius 1 is 1.07 bits per heavy atom. The predicted molar refractivity (Wildman–Crippen MR) is 97.0 cm³/mol. The van der Waals surface area contributed by atoms with Gasteiger partial charge in [-0.15, -0.1) is 0 Å². The fourth-order valence-electron chi connectivity index (χ4n) is 4.30. The lowest BCUT2D eigenvalue weighted by molar-refractivity contribution is -0.107. The number of fused-ring (bicyclic) bond motifs is 1. The molecule has 162 valence electrons. The molecule has 2 saturated carbocycles. The van der Waals surface area contributed by atoms with E-state index in [0.29, 0.717) is 12.1 Å². The normalized spacial score (nSPS) is 23.1. The molecule has 1 aromatic rings. The van der Waals surface area contributed by atoms with Gasteiger partial charge in [-0.05, 0) is 44.2 Å². The van der Waals surface area contributed by atoms with E-state index in [9.17, 15) is 26.0 Å². The molecule has 0 saturated heterocycles. The van der Waals surface area contributed by atoms with E-state index in [-0.39, 0.29) is 36.1 Å². The van der Waals surface area contributed by atoms with Crippen LogP contribution in [0.25, 0.3) is 0 Å². The Morgan fingerprint density at radius 2 is 1.69 bits per heavy atom. The maximum Gasteiger partial charge on any atom is 0.406 e. The molecule has 2 fully saturated rings. The molecule has 29 heavy (non-hydrogen) atoms. The largest absolute Gasteiger partial charge is 0.488 e. The zero-order chi connectivity index (χ0) is 20.8. The Bertz CT molecular complexity index is 852. The fourth-order valence-corrected chi connectivity index (χ4v) is 5.19. The molecule has 0 aromatic heterocycles. The minimum atomic E-state index is -4.93. The van der Waals surface area contributed by atoms with E-state index in [1.807, 2.05) is 0 Å². The molecule has 0 radical (unpaired) electrons. The van der Waals surface area contributed by atoms with Crippen LogP contribution >= 0.6 is 0 Å². The van der Waals surface area contributed by atoms with Gasteiger partial charge in [-0.2, -0.15) is 21.6 Å². The number of ether oxygens (including phenoxy) is 1. The van der Waals surface area contributed by atoms with Gasteiger partial charge in [0.2, 0.25) is 0 Å². The summed E-state index contributed by atoms with van der Waals surface area (Å²) < 4.78 is 85.9. The van der Waals surface area contributed by atoms with Crippen molar-refractivity contribution in [2.75, 3.05) is 12.4 Å². The van der Waals surface area contributed by atoms with Crippen LogP contribution in [0, 0.1) is 5.82 Å². The molecule has 2 aliphatic carbocycles. The standard InChI is InChI=1S/C19H23F4NO4S/c20-16-7-8-17(28-29(25,26)11-19(21,22)23)15-9-14(10-27-18(15)16)24(12-3-1-4-12)13-5-2-6-13/h7-8,12-14H,1-6,9-11H2/t14-/m1/s1. The van der Waals surface area contributed by atoms with Crippen LogP contribution in [0.15, 0.2) is 12.1 Å². The van der Waals surface area contributed by atoms with Crippen LogP contribution in [0.3, 0.4) is 0 Å². The SMILES string of the molecule is O=S(=O)(CC(F)(F)F)Oc1ccc(F)c2c1C[C@@H](N(C1CCC1)C1CCC1)CO2. The zero-order valence-electron chi connectivity index (χ0n) is 15.8. The van der Waals surface area contributed by atoms with Crippen molar-refractivity contribution in [2.45, 2.75) is 69.2 Å². The lowest BCUT2D eigenvalue weighted by atomic mass is 9.82. The van der Waals surface area contributed by atoms with E-state index in [2.05, 4.69) is 4.90 Å². The molecule has 0 spiro atoms. The van der Waals surface area contributed by atoms with Crippen LogP contribution in [-0.2, 0) is 16.5 Å². The molecule has 3 aliphatic rings. The molecule has 5 nitrogen and oxygen atoms in total. The second-order valence-electron chi connectivity index (χ2n) is 8.04. The minimum Gasteiger partial charge on any atom is -0.488 e. The summed E-state index contributed by atoms with van der Waals surface area (Å²) in [4.78, 5) is 2.40. The molecule has 1 atom stereocenters. The van der Waals surface area contributed by atoms with E-state index in [1.165, 1.54) is 0 Å². The van der Waals surface area contributed by atoms with Gasteiger partial charge in [0, 0.05) is 23.7 Å². The Kier molecular flexibility index (Phi) is 5.43. The van der Waals surface area contributed by atoms with Gasteiger partial charge in [0.15, 0.2) is 17.3 Å². The highest BCUT2D eigenvalue weighted by Crippen LogP contribution is 2.41. The van der Waals surface area contributed by atoms with Crippen molar-refractivity contribution in [3.8, 4) is 11.5 Å². The molecule has 1 heterocycles. The Labute approximate surface area is 167 Å². The molecule has 1 aliphatic heterocycles. The van der Waals surface area contributed by atoms with Crippen molar-refractivity contribution in [3.63, 3.8) is 0 Å². The minimum absolute atomic E-state index is 0.0902. The fraction of sp³-hybridized carbons (Fsp3) is 0.684. The summed E-state index contributed by atoms with van der Waals surface area (Å²) in [5, 5.41) is 0. The predicted octanol–water partition coefficient (Wildman–Crippen LogP) is 3.81. The van der Waals surface area contributed by atoms with Crippen LogP contribution in [-0.4, -0.2) is 50.0 Å². The lowest BCUT2D eigenvalue weighted by Crippen LogP contribution is -2.57. The van der Waals surface area contributed by atoms with Gasteiger partial charge < -0.3 is 8.92 Å². The van der Waals surface area contributed by atoms with Crippen molar-refractivity contribution in [1.29, 1.82) is 0 Å². The topological polar surface area (TPSA) is 55.8 Å². The molecular formula is C19H23F4NO4S. The second kappa shape index (κ2) is 7.61. The van der Waals surface area contributed by atoms with Gasteiger partial charge in [0.25, 0.3) is 0 Å². The summed E-state index contributed by atoms with van der Waals surface area (Å²) in [6.45, 7) is 0.260. The number of rotatable bonds is 6. The zero-order valence-corrected chi connectivity index (χ0v) is 16.6. The number of benzene rings is 1. The highest BCUT2D eigenvalue weighted by molar-refractivity contribution is 7.87. The maximum absolute atomic E-state index is 14.2. The quantitative estimate of drug-likeness (QED) is 0.501. The van der Waals surface area contributed by atoms with E-state index < -0.39 is 27.9 Å². The van der Waals surface area contributed by atoms with Crippen LogP contribution in [0.1, 0.15) is 44.1 Å². The van der Waals surface area contributed by atoms with Crippen LogP contribution < -0.4 is 8.92 Å². The second-order valence-corrected chi connectivity index (χ2v) is 9.61. The maximum atomic E-state index is 14.2. The van der Waals surface area contributed by atoms with Gasteiger partial charge in [0.1, 0.15) is 12.4 Å². The first-order chi connectivity index (χ1) is 13.6. The summed E-state index contributed by atoms with van der Waals surface area (Å²) in [6, 6.07) is 2.76. The van der Waals surface area contributed by atoms with E-state index in [4.69, 9.17) is 8.92 Å². The van der Waals surface area contributed by atoms with E-state index in [0.717, 1.165) is 50.7 Å². The van der Waals surface area contributed by atoms with Gasteiger partial charge >= 0.3 is 16.3 Å². The number of nitrogens with zero attached hydrogens (tertiary/aromatic N) is 1. The summed E-state index contributed by atoms with van der Waals surface area (Å²) in [5.41, 5.74) is 0.177.